The van der Waals surface area contributed by atoms with Crippen molar-refractivity contribution in [3.8, 4) is 0 Å². The molecule has 0 spiro atoms. The molecule has 0 aliphatic carbocycles. The second-order valence-corrected chi connectivity index (χ2v) is 5.28. The molecule has 1 saturated heterocycles. The van der Waals surface area contributed by atoms with Gasteiger partial charge in [0.2, 0.25) is 0 Å². The summed E-state index contributed by atoms with van der Waals surface area (Å²) in [5.74, 6) is 0.786. The topological polar surface area (TPSA) is 15.3 Å². The lowest BCUT2D eigenvalue weighted by atomic mass is 9.92. The second kappa shape index (κ2) is 5.13. The standard InChI is InChI=1S/C12H26N2/c1-9(2)13-12-6-7-14(10(3)4)8-11(12)5/h9-13H,6-8H2,1-5H3/t11-,12-/m1/s1. The van der Waals surface area contributed by atoms with Crippen molar-refractivity contribution in [1.82, 2.24) is 10.2 Å². The van der Waals surface area contributed by atoms with E-state index in [9.17, 15) is 0 Å². The molecule has 1 fully saturated rings. The van der Waals surface area contributed by atoms with Gasteiger partial charge in [-0.3, -0.25) is 0 Å². The molecule has 1 aliphatic heterocycles. The van der Waals surface area contributed by atoms with E-state index < -0.39 is 0 Å². The molecule has 0 radical (unpaired) electrons. The van der Waals surface area contributed by atoms with Crippen LogP contribution in [-0.2, 0) is 0 Å². The van der Waals surface area contributed by atoms with Gasteiger partial charge >= 0.3 is 0 Å². The lowest BCUT2D eigenvalue weighted by molar-refractivity contribution is 0.115. The minimum absolute atomic E-state index is 0.619. The molecule has 2 heteroatoms. The van der Waals surface area contributed by atoms with Crippen LogP contribution in [0.25, 0.3) is 0 Å². The largest absolute Gasteiger partial charge is 0.311 e. The second-order valence-electron chi connectivity index (χ2n) is 5.28. The molecule has 2 nitrogen and oxygen atoms in total. The summed E-state index contributed by atoms with van der Waals surface area (Å²) in [7, 11) is 0. The van der Waals surface area contributed by atoms with Crippen LogP contribution in [0.1, 0.15) is 41.0 Å². The van der Waals surface area contributed by atoms with Gasteiger partial charge in [-0.1, -0.05) is 20.8 Å². The third-order valence-electron chi connectivity index (χ3n) is 3.21. The highest BCUT2D eigenvalue weighted by Crippen LogP contribution is 2.18. The Morgan fingerprint density at radius 3 is 2.29 bits per heavy atom. The van der Waals surface area contributed by atoms with E-state index in [4.69, 9.17) is 0 Å². The van der Waals surface area contributed by atoms with Gasteiger partial charge in [0.25, 0.3) is 0 Å². The Kier molecular flexibility index (Phi) is 4.39. The van der Waals surface area contributed by atoms with Crippen molar-refractivity contribution in [3.05, 3.63) is 0 Å². The number of likely N-dealkylation sites (tertiary alicyclic amines) is 1. The van der Waals surface area contributed by atoms with E-state index in [2.05, 4.69) is 44.8 Å². The quantitative estimate of drug-likeness (QED) is 0.747. The first-order chi connectivity index (χ1) is 6.50. The number of rotatable bonds is 3. The fourth-order valence-electron chi connectivity index (χ4n) is 2.32. The van der Waals surface area contributed by atoms with Crippen LogP contribution >= 0.6 is 0 Å². The summed E-state index contributed by atoms with van der Waals surface area (Å²) in [4.78, 5) is 2.59. The first-order valence-corrected chi connectivity index (χ1v) is 6.00. The molecule has 1 N–H and O–H groups in total. The Morgan fingerprint density at radius 2 is 1.86 bits per heavy atom. The lowest BCUT2D eigenvalue weighted by Gasteiger charge is -2.40. The molecule has 0 aromatic rings. The Hall–Kier alpha value is -0.0800. The summed E-state index contributed by atoms with van der Waals surface area (Å²) in [6.07, 6.45) is 1.30. The van der Waals surface area contributed by atoms with Crippen LogP contribution < -0.4 is 5.32 Å². The van der Waals surface area contributed by atoms with Crippen molar-refractivity contribution in [2.24, 2.45) is 5.92 Å². The van der Waals surface area contributed by atoms with Gasteiger partial charge in [-0.05, 0) is 32.7 Å². The van der Waals surface area contributed by atoms with Gasteiger partial charge in [0, 0.05) is 24.7 Å². The molecule has 0 bridgehead atoms. The first kappa shape index (κ1) is 12.0. The highest BCUT2D eigenvalue weighted by Gasteiger charge is 2.26. The maximum absolute atomic E-state index is 3.66. The molecule has 1 heterocycles. The SMILES string of the molecule is CC(C)N[C@@H]1CCN(C(C)C)C[C@H]1C. The number of piperidine rings is 1. The zero-order valence-electron chi connectivity index (χ0n) is 10.4. The van der Waals surface area contributed by atoms with Crippen LogP contribution in [0.4, 0.5) is 0 Å². The van der Waals surface area contributed by atoms with E-state index in [1.54, 1.807) is 0 Å². The molecule has 0 unspecified atom stereocenters. The first-order valence-electron chi connectivity index (χ1n) is 6.00. The van der Waals surface area contributed by atoms with Crippen molar-refractivity contribution < 1.29 is 0 Å². The average Bonchev–Trinajstić information content (AvgIpc) is 2.07. The Balaban J connectivity index is 2.39. The molecule has 0 amide bonds. The molecule has 0 aromatic carbocycles. The van der Waals surface area contributed by atoms with E-state index in [0.29, 0.717) is 12.1 Å². The van der Waals surface area contributed by atoms with Gasteiger partial charge in [-0.25, -0.2) is 0 Å². The molecule has 0 aromatic heterocycles. The van der Waals surface area contributed by atoms with E-state index in [0.717, 1.165) is 12.0 Å². The zero-order chi connectivity index (χ0) is 10.7. The minimum atomic E-state index is 0.619. The summed E-state index contributed by atoms with van der Waals surface area (Å²) in [6, 6.07) is 2.05. The summed E-state index contributed by atoms with van der Waals surface area (Å²) in [5, 5.41) is 3.66. The molecule has 0 saturated carbocycles. The van der Waals surface area contributed by atoms with Crippen molar-refractivity contribution >= 4 is 0 Å². The molecular weight excluding hydrogens is 172 g/mol. The van der Waals surface area contributed by atoms with Gasteiger partial charge in [-0.2, -0.15) is 0 Å². The van der Waals surface area contributed by atoms with Crippen molar-refractivity contribution in [2.45, 2.75) is 59.2 Å². The Morgan fingerprint density at radius 1 is 1.21 bits per heavy atom. The van der Waals surface area contributed by atoms with E-state index in [1.807, 2.05) is 0 Å². The number of nitrogens with one attached hydrogen (secondary N) is 1. The fraction of sp³-hybridized carbons (Fsp3) is 1.00. The summed E-state index contributed by atoms with van der Waals surface area (Å²) < 4.78 is 0. The number of nitrogens with zero attached hydrogens (tertiary/aromatic N) is 1. The van der Waals surface area contributed by atoms with E-state index in [-0.39, 0.29) is 0 Å². The summed E-state index contributed by atoms with van der Waals surface area (Å²) in [6.45, 7) is 13.9. The minimum Gasteiger partial charge on any atom is -0.311 e. The third kappa shape index (κ3) is 3.25. The predicted octanol–water partition coefficient (Wildman–Crippen LogP) is 2.10. The van der Waals surface area contributed by atoms with Gasteiger partial charge < -0.3 is 10.2 Å². The van der Waals surface area contributed by atoms with E-state index in [1.165, 1.54) is 19.5 Å². The highest BCUT2D eigenvalue weighted by molar-refractivity contribution is 4.84. The monoisotopic (exact) mass is 198 g/mol. The maximum atomic E-state index is 3.66. The lowest BCUT2D eigenvalue weighted by Crippen LogP contribution is -2.51. The van der Waals surface area contributed by atoms with Crippen LogP contribution in [0, 0.1) is 5.92 Å². The molecule has 2 atom stereocenters. The van der Waals surface area contributed by atoms with Crippen LogP contribution in [0.3, 0.4) is 0 Å². The van der Waals surface area contributed by atoms with Crippen LogP contribution in [0.15, 0.2) is 0 Å². The third-order valence-corrected chi connectivity index (χ3v) is 3.21. The van der Waals surface area contributed by atoms with Crippen LogP contribution in [0.2, 0.25) is 0 Å². The molecule has 14 heavy (non-hydrogen) atoms. The molecule has 84 valence electrons. The Bertz CT molecular complexity index is 166. The predicted molar refractivity (Wildman–Crippen MR) is 62.5 cm³/mol. The summed E-state index contributed by atoms with van der Waals surface area (Å²) >= 11 is 0. The zero-order valence-corrected chi connectivity index (χ0v) is 10.4. The average molecular weight is 198 g/mol. The van der Waals surface area contributed by atoms with Gasteiger partial charge in [-0.15, -0.1) is 0 Å². The van der Waals surface area contributed by atoms with Gasteiger partial charge in [0.1, 0.15) is 0 Å². The molecule has 1 aliphatic rings. The maximum Gasteiger partial charge on any atom is 0.0119 e. The molecule has 1 rings (SSSR count). The summed E-state index contributed by atoms with van der Waals surface area (Å²) in [5.41, 5.74) is 0. The molecular formula is C12H26N2. The van der Waals surface area contributed by atoms with Crippen LogP contribution in [-0.4, -0.2) is 36.1 Å². The highest BCUT2D eigenvalue weighted by atomic mass is 15.2. The van der Waals surface area contributed by atoms with E-state index >= 15 is 0 Å². The van der Waals surface area contributed by atoms with Gasteiger partial charge in [0.15, 0.2) is 0 Å². The Labute approximate surface area is 89.1 Å². The normalized spacial score (nSPS) is 30.2. The smallest absolute Gasteiger partial charge is 0.0119 e. The fourth-order valence-corrected chi connectivity index (χ4v) is 2.32. The number of hydrogen-bond acceptors (Lipinski definition) is 2. The van der Waals surface area contributed by atoms with Crippen molar-refractivity contribution in [1.29, 1.82) is 0 Å². The van der Waals surface area contributed by atoms with Crippen molar-refractivity contribution in [2.75, 3.05) is 13.1 Å². The van der Waals surface area contributed by atoms with Crippen molar-refractivity contribution in [3.63, 3.8) is 0 Å². The van der Waals surface area contributed by atoms with Crippen LogP contribution in [0.5, 0.6) is 0 Å². The number of hydrogen-bond donors (Lipinski definition) is 1. The van der Waals surface area contributed by atoms with Gasteiger partial charge in [0.05, 0.1) is 0 Å².